The molecular formula is C9H16NO4-. The highest BCUT2D eigenvalue weighted by Crippen LogP contribution is 2.06. The van der Waals surface area contributed by atoms with Crippen LogP contribution in [0.15, 0.2) is 0 Å². The predicted molar refractivity (Wildman–Crippen MR) is 48.4 cm³/mol. The van der Waals surface area contributed by atoms with E-state index in [9.17, 15) is 14.7 Å². The van der Waals surface area contributed by atoms with Gasteiger partial charge < -0.3 is 20.0 Å². The second-order valence-electron chi connectivity index (χ2n) is 4.10. The molecule has 0 heterocycles. The molecule has 1 unspecified atom stereocenters. The van der Waals surface area contributed by atoms with Gasteiger partial charge in [0.05, 0.1) is 0 Å². The molecule has 1 atom stereocenters. The van der Waals surface area contributed by atoms with E-state index in [0.717, 1.165) is 0 Å². The summed E-state index contributed by atoms with van der Waals surface area (Å²) in [5.41, 5.74) is -0.575. The molecule has 5 heteroatoms. The molecule has 0 spiro atoms. The molecule has 0 rings (SSSR count). The Morgan fingerprint density at radius 3 is 2.29 bits per heavy atom. The summed E-state index contributed by atoms with van der Waals surface area (Å²) < 4.78 is 4.90. The van der Waals surface area contributed by atoms with Gasteiger partial charge in [-0.05, 0) is 20.8 Å². The Morgan fingerprint density at radius 2 is 1.93 bits per heavy atom. The second kappa shape index (κ2) is 4.83. The molecular weight excluding hydrogens is 186 g/mol. The third kappa shape index (κ3) is 6.28. The maximum absolute atomic E-state index is 11.0. The van der Waals surface area contributed by atoms with Crippen molar-refractivity contribution in [2.45, 2.75) is 33.3 Å². The van der Waals surface area contributed by atoms with Crippen LogP contribution in [0.4, 0.5) is 4.79 Å². The van der Waals surface area contributed by atoms with Crippen LogP contribution in [0.2, 0.25) is 0 Å². The van der Waals surface area contributed by atoms with E-state index in [2.05, 4.69) is 5.32 Å². The molecule has 1 N–H and O–H groups in total. The summed E-state index contributed by atoms with van der Waals surface area (Å²) in [5, 5.41) is 12.6. The molecule has 0 fully saturated rings. The summed E-state index contributed by atoms with van der Waals surface area (Å²) in [4.78, 5) is 21.3. The topological polar surface area (TPSA) is 78.5 Å². The van der Waals surface area contributed by atoms with Gasteiger partial charge in [-0.2, -0.15) is 0 Å². The number of aliphatic carboxylic acids is 1. The van der Waals surface area contributed by atoms with Crippen LogP contribution in [0.3, 0.4) is 0 Å². The molecule has 0 aliphatic heterocycles. The lowest BCUT2D eigenvalue weighted by molar-refractivity contribution is -0.310. The van der Waals surface area contributed by atoms with Crippen molar-refractivity contribution in [3.05, 3.63) is 0 Å². The average Bonchev–Trinajstić information content (AvgIpc) is 1.96. The largest absolute Gasteiger partial charge is 0.550 e. The Morgan fingerprint density at radius 1 is 1.43 bits per heavy atom. The number of carboxylic acid groups (broad SMARTS) is 1. The van der Waals surface area contributed by atoms with Gasteiger partial charge in [0.15, 0.2) is 0 Å². The van der Waals surface area contributed by atoms with Crippen LogP contribution < -0.4 is 10.4 Å². The third-order valence-corrected chi connectivity index (χ3v) is 1.35. The van der Waals surface area contributed by atoms with E-state index in [-0.39, 0.29) is 6.54 Å². The normalized spacial score (nSPS) is 13.1. The first-order valence-corrected chi connectivity index (χ1v) is 4.40. The number of hydrogen-bond donors (Lipinski definition) is 1. The monoisotopic (exact) mass is 202 g/mol. The fourth-order valence-electron chi connectivity index (χ4n) is 0.634. The molecule has 0 aromatic rings. The number of amides is 1. The summed E-state index contributed by atoms with van der Waals surface area (Å²) >= 11 is 0. The Labute approximate surface area is 83.4 Å². The van der Waals surface area contributed by atoms with Crippen molar-refractivity contribution in [2.75, 3.05) is 6.54 Å². The minimum atomic E-state index is -1.19. The molecule has 0 saturated heterocycles. The maximum atomic E-state index is 11.0. The quantitative estimate of drug-likeness (QED) is 0.693. The van der Waals surface area contributed by atoms with Crippen molar-refractivity contribution in [3.63, 3.8) is 0 Å². The number of carbonyl (C=O) groups excluding carboxylic acids is 2. The molecule has 0 bridgehead atoms. The average molecular weight is 202 g/mol. The van der Waals surface area contributed by atoms with Gasteiger partial charge >= 0.3 is 6.09 Å². The van der Waals surface area contributed by atoms with Gasteiger partial charge in [0.25, 0.3) is 0 Å². The van der Waals surface area contributed by atoms with Crippen molar-refractivity contribution in [2.24, 2.45) is 5.92 Å². The van der Waals surface area contributed by atoms with Gasteiger partial charge in [-0.3, -0.25) is 0 Å². The molecule has 5 nitrogen and oxygen atoms in total. The van der Waals surface area contributed by atoms with Crippen LogP contribution in [-0.2, 0) is 9.53 Å². The summed E-state index contributed by atoms with van der Waals surface area (Å²) in [6, 6.07) is 0. The SMILES string of the molecule is CC(CNC(=O)OC(C)(C)C)C(=O)[O-]. The highest BCUT2D eigenvalue weighted by atomic mass is 16.6. The van der Waals surface area contributed by atoms with Crippen LogP contribution in [0, 0.1) is 5.92 Å². The van der Waals surface area contributed by atoms with E-state index >= 15 is 0 Å². The van der Waals surface area contributed by atoms with Crippen molar-refractivity contribution < 1.29 is 19.4 Å². The van der Waals surface area contributed by atoms with Crippen LogP contribution in [0.1, 0.15) is 27.7 Å². The van der Waals surface area contributed by atoms with Crippen LogP contribution in [0.25, 0.3) is 0 Å². The van der Waals surface area contributed by atoms with Gasteiger partial charge in [-0.1, -0.05) is 6.92 Å². The van der Waals surface area contributed by atoms with Crippen LogP contribution in [0.5, 0.6) is 0 Å². The molecule has 0 aromatic heterocycles. The number of carboxylic acids is 1. The lowest BCUT2D eigenvalue weighted by Gasteiger charge is -2.20. The maximum Gasteiger partial charge on any atom is 0.407 e. The van der Waals surface area contributed by atoms with Crippen LogP contribution >= 0.6 is 0 Å². The number of ether oxygens (including phenoxy) is 1. The highest BCUT2D eigenvalue weighted by Gasteiger charge is 2.16. The zero-order valence-electron chi connectivity index (χ0n) is 8.92. The third-order valence-electron chi connectivity index (χ3n) is 1.35. The van der Waals surface area contributed by atoms with Crippen LogP contribution in [-0.4, -0.2) is 24.2 Å². The molecule has 82 valence electrons. The van der Waals surface area contributed by atoms with Crippen molar-refractivity contribution in [1.82, 2.24) is 5.32 Å². The first-order chi connectivity index (χ1) is 6.22. The molecule has 0 radical (unpaired) electrons. The van der Waals surface area contributed by atoms with E-state index in [1.807, 2.05) is 0 Å². The second-order valence-corrected chi connectivity index (χ2v) is 4.10. The lowest BCUT2D eigenvalue weighted by atomic mass is 10.2. The van der Waals surface area contributed by atoms with Crippen molar-refractivity contribution in [1.29, 1.82) is 0 Å². The zero-order chi connectivity index (χ0) is 11.4. The minimum Gasteiger partial charge on any atom is -0.550 e. The van der Waals surface area contributed by atoms with E-state index < -0.39 is 23.6 Å². The first-order valence-electron chi connectivity index (χ1n) is 4.40. The predicted octanol–water partition coefficient (Wildman–Crippen LogP) is -0.103. The summed E-state index contributed by atoms with van der Waals surface area (Å²) in [7, 11) is 0. The highest BCUT2D eigenvalue weighted by molar-refractivity contribution is 5.71. The number of nitrogens with one attached hydrogen (secondary N) is 1. The standard InChI is InChI=1S/C9H17NO4/c1-6(7(11)12)5-10-8(13)14-9(2,3)4/h6H,5H2,1-4H3,(H,10,13)(H,11,12)/p-1. The first kappa shape index (κ1) is 12.7. The fourth-order valence-corrected chi connectivity index (χ4v) is 0.634. The Kier molecular flexibility index (Phi) is 4.40. The minimum absolute atomic E-state index is 0.0112. The van der Waals surface area contributed by atoms with E-state index in [1.54, 1.807) is 20.8 Å². The van der Waals surface area contributed by atoms with Crippen molar-refractivity contribution >= 4 is 12.1 Å². The summed E-state index contributed by atoms with van der Waals surface area (Å²) in [6.45, 7) is 6.65. The lowest BCUT2D eigenvalue weighted by Crippen LogP contribution is -2.40. The van der Waals surface area contributed by atoms with Crippen molar-refractivity contribution in [3.8, 4) is 0 Å². The molecule has 0 aliphatic carbocycles. The number of rotatable bonds is 3. The number of hydrogen-bond acceptors (Lipinski definition) is 4. The van der Waals surface area contributed by atoms with E-state index in [0.29, 0.717) is 0 Å². The molecule has 0 aliphatic rings. The smallest absolute Gasteiger partial charge is 0.407 e. The Bertz CT molecular complexity index is 219. The number of alkyl carbamates (subject to hydrolysis) is 1. The van der Waals surface area contributed by atoms with Gasteiger partial charge in [0.2, 0.25) is 0 Å². The summed E-state index contributed by atoms with van der Waals surface area (Å²) in [5.74, 6) is -1.91. The summed E-state index contributed by atoms with van der Waals surface area (Å²) in [6.07, 6.45) is -0.620. The van der Waals surface area contributed by atoms with Gasteiger partial charge in [-0.25, -0.2) is 4.79 Å². The Hall–Kier alpha value is -1.26. The number of carbonyl (C=O) groups is 2. The molecule has 0 aromatic carbocycles. The molecule has 1 amide bonds. The van der Waals surface area contributed by atoms with E-state index in [1.165, 1.54) is 6.92 Å². The fraction of sp³-hybridized carbons (Fsp3) is 0.778. The molecule has 0 saturated carbocycles. The molecule has 14 heavy (non-hydrogen) atoms. The van der Waals surface area contributed by atoms with Gasteiger partial charge in [-0.15, -0.1) is 0 Å². The van der Waals surface area contributed by atoms with Gasteiger partial charge in [0.1, 0.15) is 5.60 Å². The van der Waals surface area contributed by atoms with E-state index in [4.69, 9.17) is 4.74 Å². The van der Waals surface area contributed by atoms with Gasteiger partial charge in [0, 0.05) is 18.4 Å². The Balaban J connectivity index is 3.81. The zero-order valence-corrected chi connectivity index (χ0v) is 8.92.